The average molecular weight is 543 g/mol. The minimum Gasteiger partial charge on any atom is -0.806 e. The maximum atomic E-state index is 12.6. The van der Waals surface area contributed by atoms with E-state index in [0.717, 1.165) is 23.6 Å². The molecule has 1 unspecified atom stereocenters. The second-order valence-electron chi connectivity index (χ2n) is 6.43. The molecule has 0 aliphatic carbocycles. The average Bonchev–Trinajstić information content (AvgIpc) is 3.16. The summed E-state index contributed by atoms with van der Waals surface area (Å²) < 4.78 is 16.5. The van der Waals surface area contributed by atoms with Crippen LogP contribution in [0, 0.1) is 0 Å². The zero-order valence-corrected chi connectivity index (χ0v) is 26.8. The van der Waals surface area contributed by atoms with E-state index in [1.54, 1.807) is 5.38 Å². The number of carboxylic acids is 1. The van der Waals surface area contributed by atoms with Crippen LogP contribution in [0.1, 0.15) is 18.4 Å². The van der Waals surface area contributed by atoms with Gasteiger partial charge in [0.1, 0.15) is 18.0 Å². The quantitative estimate of drug-likeness (QED) is 0.110. The fraction of sp³-hybridized carbons (Fsp3) is 0.375. The van der Waals surface area contributed by atoms with Crippen molar-refractivity contribution in [1.29, 1.82) is 0 Å². The molecule has 2 N–H and O–H groups in total. The molecule has 2 amide bonds. The van der Waals surface area contributed by atoms with Gasteiger partial charge in [-0.25, -0.2) is 0 Å². The van der Waals surface area contributed by atoms with Crippen LogP contribution in [-0.4, -0.2) is 57.5 Å². The Bertz CT molecular complexity index is 986. The molecule has 162 valence electrons. The summed E-state index contributed by atoms with van der Waals surface area (Å²) in [6, 6.07) is 0.278. The minimum absolute atomic E-state index is 0. The number of β-lactam (4-membered cyclic amide) rings is 1. The Balaban J connectivity index is 0.00000341. The Morgan fingerprint density at radius 2 is 1.97 bits per heavy atom. The van der Waals surface area contributed by atoms with Crippen LogP contribution in [0.15, 0.2) is 27.8 Å². The molecule has 3 rings (SSSR count). The van der Waals surface area contributed by atoms with E-state index in [1.807, 2.05) is 0 Å². The molecule has 17 heteroatoms. The second-order valence-corrected chi connectivity index (χ2v) is 9.73. The SMILES string of the molecule is CC(=O)OCC1=C(P(=O)([O-])[O-])N2C(=O)[C@@H](NC(=O)C(C(=O)O)c3ccsc3)[C@H]2SC1.[Na+].[Na+].[Na+]. The molecule has 3 atom stereocenters. The summed E-state index contributed by atoms with van der Waals surface area (Å²) >= 11 is 2.27. The predicted molar refractivity (Wildman–Crippen MR) is 101 cm³/mol. The van der Waals surface area contributed by atoms with E-state index >= 15 is 0 Å². The van der Waals surface area contributed by atoms with Gasteiger partial charge in [0.2, 0.25) is 5.91 Å². The number of carboxylic acid groups (broad SMARTS) is 1. The monoisotopic (exact) mass is 543 g/mol. The third-order valence-corrected chi connectivity index (χ3v) is 7.50. The largest absolute Gasteiger partial charge is 1.00 e. The molecule has 33 heavy (non-hydrogen) atoms. The molecule has 2 aliphatic heterocycles. The molecule has 1 saturated heterocycles. The number of carbonyl (C=O) groups is 4. The molecule has 0 spiro atoms. The van der Waals surface area contributed by atoms with E-state index in [9.17, 15) is 38.6 Å². The zero-order chi connectivity index (χ0) is 22.2. The number of nitrogens with zero attached hydrogens (tertiary/aromatic N) is 1. The van der Waals surface area contributed by atoms with Crippen molar-refractivity contribution in [3.8, 4) is 0 Å². The normalized spacial score (nSPS) is 20.1. The first-order valence-electron chi connectivity index (χ1n) is 8.40. The fourth-order valence-electron chi connectivity index (χ4n) is 3.12. The Kier molecular flexibility index (Phi) is 14.3. The number of aliphatic carboxylic acids is 1. The first kappa shape index (κ1) is 33.8. The van der Waals surface area contributed by atoms with E-state index < -0.39 is 60.7 Å². The van der Waals surface area contributed by atoms with Crippen LogP contribution in [-0.2, 0) is 28.5 Å². The van der Waals surface area contributed by atoms with E-state index in [0.29, 0.717) is 0 Å². The van der Waals surface area contributed by atoms with Crippen LogP contribution in [0.3, 0.4) is 0 Å². The van der Waals surface area contributed by atoms with Crippen molar-refractivity contribution in [2.75, 3.05) is 12.4 Å². The van der Waals surface area contributed by atoms with Gasteiger partial charge in [-0.2, -0.15) is 11.3 Å². The van der Waals surface area contributed by atoms with Crippen molar-refractivity contribution in [2.45, 2.75) is 24.3 Å². The molecule has 3 heterocycles. The van der Waals surface area contributed by atoms with Crippen LogP contribution in [0.5, 0.6) is 0 Å². The Morgan fingerprint density at radius 3 is 2.45 bits per heavy atom. The molecule has 1 aromatic rings. The Labute approximate surface area is 263 Å². The smallest absolute Gasteiger partial charge is 0.806 e. The summed E-state index contributed by atoms with van der Waals surface area (Å²) in [5, 5.41) is 13.9. The van der Waals surface area contributed by atoms with E-state index in [1.165, 1.54) is 22.8 Å². The number of thioether (sulfide) groups is 1. The predicted octanol–water partition coefficient (Wildman–Crippen LogP) is -9.98. The summed E-state index contributed by atoms with van der Waals surface area (Å²) in [7, 11) is -5.40. The number of nitrogens with one attached hydrogen (secondary N) is 1. The zero-order valence-electron chi connectivity index (χ0n) is 18.3. The molecular weight excluding hydrogens is 528 g/mol. The number of hydrogen-bond acceptors (Lipinski definition) is 10. The number of hydrogen-bond donors (Lipinski definition) is 2. The maximum absolute atomic E-state index is 12.6. The van der Waals surface area contributed by atoms with Crippen molar-refractivity contribution >= 4 is 54.4 Å². The standard InChI is InChI=1S/C16H17N2O9PS2.3Na/c1-7(19)27-4-9-6-30-15-11(13(21)18(15)14(9)28(24,25)26)17-12(20)10(16(22)23)8-2-3-29-5-8;;;/h2-3,5,10-11,15H,4,6H2,1H3,(H,17,20)(H,22,23)(H2,24,25,26);;;/q;3*+1/p-2/t10?,11-,15-;;;/m1.../s1. The van der Waals surface area contributed by atoms with Crippen molar-refractivity contribution < 1.29 is 132 Å². The summed E-state index contributed by atoms with van der Waals surface area (Å²) in [5.74, 6) is -5.44. The Hall–Kier alpha value is 0.820. The number of ether oxygens (including phenoxy) is 1. The maximum Gasteiger partial charge on any atom is 1.00 e. The van der Waals surface area contributed by atoms with Gasteiger partial charge in [0.05, 0.1) is 5.44 Å². The Morgan fingerprint density at radius 1 is 1.33 bits per heavy atom. The summed E-state index contributed by atoms with van der Waals surface area (Å²) in [6.45, 7) is 0.651. The van der Waals surface area contributed by atoms with Gasteiger partial charge in [0.25, 0.3) is 5.91 Å². The van der Waals surface area contributed by atoms with Crippen molar-refractivity contribution in [3.63, 3.8) is 0 Å². The molecule has 0 saturated carbocycles. The molecule has 0 bridgehead atoms. The summed E-state index contributed by atoms with van der Waals surface area (Å²) in [5.41, 5.74) is -0.548. The van der Waals surface area contributed by atoms with Crippen LogP contribution in [0.4, 0.5) is 0 Å². The fourth-order valence-corrected chi connectivity index (χ4v) is 6.33. The number of thiophene rings is 1. The van der Waals surface area contributed by atoms with Crippen molar-refractivity contribution in [3.05, 3.63) is 33.4 Å². The molecular formula is C16H15N2Na3O9PS2+. The van der Waals surface area contributed by atoms with Gasteiger partial charge >= 0.3 is 101 Å². The molecule has 1 fully saturated rings. The number of carbonyl (C=O) groups excluding carboxylic acids is 3. The molecule has 1 aromatic heterocycles. The first-order chi connectivity index (χ1) is 14.0. The first-order valence-corrected chi connectivity index (χ1v) is 11.9. The molecule has 0 radical (unpaired) electrons. The third-order valence-electron chi connectivity index (χ3n) is 4.41. The summed E-state index contributed by atoms with van der Waals surface area (Å²) in [4.78, 5) is 71.9. The van der Waals surface area contributed by atoms with E-state index in [-0.39, 0.29) is 106 Å². The third kappa shape index (κ3) is 7.65. The van der Waals surface area contributed by atoms with E-state index in [4.69, 9.17) is 4.74 Å². The van der Waals surface area contributed by atoms with Crippen molar-refractivity contribution in [1.82, 2.24) is 10.2 Å². The van der Waals surface area contributed by atoms with Crippen LogP contribution >= 0.6 is 30.7 Å². The molecule has 0 aromatic carbocycles. The van der Waals surface area contributed by atoms with Crippen LogP contribution in [0.25, 0.3) is 0 Å². The van der Waals surface area contributed by atoms with Gasteiger partial charge < -0.3 is 29.5 Å². The number of esters is 1. The van der Waals surface area contributed by atoms with Crippen molar-refractivity contribution in [2.24, 2.45) is 0 Å². The van der Waals surface area contributed by atoms with Crippen LogP contribution in [0.2, 0.25) is 0 Å². The number of amides is 2. The van der Waals surface area contributed by atoms with E-state index in [2.05, 4.69) is 5.32 Å². The van der Waals surface area contributed by atoms with Gasteiger partial charge in [-0.05, 0) is 30.0 Å². The number of rotatable bonds is 7. The molecule has 2 aliphatic rings. The van der Waals surface area contributed by atoms with Gasteiger partial charge in [0.15, 0.2) is 5.92 Å². The topological polar surface area (TPSA) is 176 Å². The van der Waals surface area contributed by atoms with Crippen LogP contribution < -0.4 is 104 Å². The second kappa shape index (κ2) is 13.9. The van der Waals surface area contributed by atoms with Gasteiger partial charge in [-0.1, -0.05) is 0 Å². The van der Waals surface area contributed by atoms with Gasteiger partial charge in [-0.3, -0.25) is 24.1 Å². The van der Waals surface area contributed by atoms with Gasteiger partial charge in [-0.15, -0.1) is 11.8 Å². The minimum atomic E-state index is -5.40. The number of fused-ring (bicyclic) bond motifs is 1. The summed E-state index contributed by atoms with van der Waals surface area (Å²) in [6.07, 6.45) is 0. The van der Waals surface area contributed by atoms with Gasteiger partial charge in [0, 0.05) is 18.2 Å². The molecule has 11 nitrogen and oxygen atoms in total.